The summed E-state index contributed by atoms with van der Waals surface area (Å²) in [6.07, 6.45) is 2.33. The minimum atomic E-state index is -1.61. The Labute approximate surface area is 242 Å². The first-order chi connectivity index (χ1) is 19.6. The lowest BCUT2D eigenvalue weighted by Crippen LogP contribution is -2.51. The molecule has 1 aromatic rings. The van der Waals surface area contributed by atoms with Crippen molar-refractivity contribution in [2.24, 2.45) is 5.73 Å². The molecule has 1 aromatic carbocycles. The van der Waals surface area contributed by atoms with E-state index in [-0.39, 0.29) is 50.3 Å². The molecule has 12 heteroatoms. The molecule has 0 spiro atoms. The molecule has 0 heterocycles. The normalized spacial score (nSPS) is 12.8. The quantitative estimate of drug-likeness (QED) is 0.0951. The largest absolute Gasteiger partial charge is 0.513 e. The molecule has 0 unspecified atom stereocenters. The fraction of sp³-hybridized carbons (Fsp3) is 0.655. The third-order valence-electron chi connectivity index (χ3n) is 6.08. The van der Waals surface area contributed by atoms with Gasteiger partial charge in [0, 0.05) is 12.8 Å². The minimum Gasteiger partial charge on any atom is -0.468 e. The van der Waals surface area contributed by atoms with Crippen LogP contribution in [0.4, 0.5) is 14.4 Å². The Bertz CT molecular complexity index is 968. The van der Waals surface area contributed by atoms with E-state index in [9.17, 15) is 19.2 Å². The van der Waals surface area contributed by atoms with Crippen molar-refractivity contribution in [3.05, 3.63) is 23.8 Å². The van der Waals surface area contributed by atoms with Crippen molar-refractivity contribution < 1.29 is 52.3 Å². The van der Waals surface area contributed by atoms with Crippen LogP contribution in [0.5, 0.6) is 11.5 Å². The van der Waals surface area contributed by atoms with Gasteiger partial charge in [0.25, 0.3) is 0 Å². The van der Waals surface area contributed by atoms with Crippen LogP contribution in [-0.2, 0) is 34.9 Å². The van der Waals surface area contributed by atoms with Crippen LogP contribution in [0.2, 0.25) is 0 Å². The fourth-order valence-electron chi connectivity index (χ4n) is 3.51. The number of ether oxygens (including phenoxy) is 7. The number of unbranched alkanes of at least 4 members (excludes halogenated alkanes) is 4. The molecule has 0 aromatic heterocycles. The smallest absolute Gasteiger partial charge is 0.468 e. The summed E-state index contributed by atoms with van der Waals surface area (Å²) in [5, 5.41) is 0. The van der Waals surface area contributed by atoms with Crippen LogP contribution >= 0.6 is 0 Å². The molecule has 2 N–H and O–H groups in total. The van der Waals surface area contributed by atoms with Crippen molar-refractivity contribution in [2.75, 3.05) is 26.9 Å². The average molecular weight is 584 g/mol. The maximum Gasteiger partial charge on any atom is 0.513 e. The van der Waals surface area contributed by atoms with Crippen molar-refractivity contribution in [1.82, 2.24) is 0 Å². The summed E-state index contributed by atoms with van der Waals surface area (Å²) < 4.78 is 35.8. The zero-order valence-electron chi connectivity index (χ0n) is 24.9. The fourth-order valence-corrected chi connectivity index (χ4v) is 3.51. The van der Waals surface area contributed by atoms with E-state index in [0.717, 1.165) is 25.7 Å². The van der Waals surface area contributed by atoms with E-state index in [0.29, 0.717) is 24.8 Å². The molecular weight excluding hydrogens is 538 g/mol. The number of hydrogen-bond donors (Lipinski definition) is 1. The van der Waals surface area contributed by atoms with Gasteiger partial charge in [-0.15, -0.1) is 0 Å². The zero-order valence-corrected chi connectivity index (χ0v) is 24.9. The number of methoxy groups -OCH3 is 1. The van der Waals surface area contributed by atoms with Crippen LogP contribution in [0.15, 0.2) is 18.2 Å². The summed E-state index contributed by atoms with van der Waals surface area (Å²) in [5.41, 5.74) is 5.23. The molecule has 232 valence electrons. The van der Waals surface area contributed by atoms with Crippen LogP contribution < -0.4 is 15.2 Å². The van der Waals surface area contributed by atoms with Crippen LogP contribution in [0.1, 0.15) is 84.6 Å². The number of nitrogens with two attached hydrogens (primary N) is 1. The van der Waals surface area contributed by atoms with Gasteiger partial charge in [-0.1, -0.05) is 52.5 Å². The lowest BCUT2D eigenvalue weighted by Gasteiger charge is -2.26. The highest BCUT2D eigenvalue weighted by molar-refractivity contribution is 5.81. The van der Waals surface area contributed by atoms with Gasteiger partial charge in [-0.05, 0) is 43.9 Å². The molecule has 1 rings (SSSR count). The van der Waals surface area contributed by atoms with Crippen LogP contribution in [0.25, 0.3) is 0 Å². The minimum absolute atomic E-state index is 0.0865. The monoisotopic (exact) mass is 583 g/mol. The molecule has 0 aliphatic carbocycles. The number of rotatable bonds is 18. The molecule has 0 bridgehead atoms. The second kappa shape index (κ2) is 19.5. The average Bonchev–Trinajstić information content (AvgIpc) is 2.94. The number of hydrogen-bond acceptors (Lipinski definition) is 12. The van der Waals surface area contributed by atoms with Gasteiger partial charge in [0.2, 0.25) is 0 Å². The van der Waals surface area contributed by atoms with Gasteiger partial charge in [-0.3, -0.25) is 4.79 Å². The molecular formula is C29H45NO11. The second-order valence-electron chi connectivity index (χ2n) is 9.61. The maximum atomic E-state index is 12.6. The van der Waals surface area contributed by atoms with E-state index >= 15 is 0 Å². The third-order valence-corrected chi connectivity index (χ3v) is 6.08. The van der Waals surface area contributed by atoms with Crippen molar-refractivity contribution in [3.63, 3.8) is 0 Å². The lowest BCUT2D eigenvalue weighted by molar-refractivity contribution is -0.147. The van der Waals surface area contributed by atoms with E-state index in [4.69, 9.17) is 38.9 Å². The van der Waals surface area contributed by atoms with Crippen molar-refractivity contribution in [1.29, 1.82) is 0 Å². The van der Waals surface area contributed by atoms with Crippen LogP contribution in [-0.4, -0.2) is 63.0 Å². The van der Waals surface area contributed by atoms with Crippen molar-refractivity contribution in [2.45, 2.75) is 97.1 Å². The number of carbonyl (C=O) groups is 4. The van der Waals surface area contributed by atoms with Crippen molar-refractivity contribution >= 4 is 24.4 Å². The van der Waals surface area contributed by atoms with Gasteiger partial charge < -0.3 is 38.9 Å². The van der Waals surface area contributed by atoms with Gasteiger partial charge in [0.1, 0.15) is 11.6 Å². The SMILES string of the molecule is CCCCCOC(=O)Oc1ccc(C[C@](N)(CCOC(=O)O[C@@H](C)CC)C(=O)OC)cc1OC(=O)OCCCCC. The molecule has 2 atom stereocenters. The standard InChI is InChI=1S/C29H45NO11/c1-6-9-11-16-36-27(33)40-23-14-13-22(19-24(23)41-28(34)37-17-12-10-7-2)20-29(30,25(31)35-5)15-18-38-26(32)39-21(4)8-3/h13-14,19,21H,6-12,15-18,20,30H2,1-5H3/t21-,29+/m0/s1. The highest BCUT2D eigenvalue weighted by Gasteiger charge is 2.36. The Hall–Kier alpha value is -3.54. The second-order valence-corrected chi connectivity index (χ2v) is 9.61. The molecule has 0 saturated heterocycles. The van der Waals surface area contributed by atoms with E-state index < -0.39 is 30.0 Å². The summed E-state index contributed by atoms with van der Waals surface area (Å²) in [4.78, 5) is 49.0. The molecule has 12 nitrogen and oxygen atoms in total. The highest BCUT2D eigenvalue weighted by atomic mass is 16.7. The molecule has 0 amide bonds. The first-order valence-corrected chi connectivity index (χ1v) is 14.1. The van der Waals surface area contributed by atoms with Gasteiger partial charge in [-0.2, -0.15) is 0 Å². The number of esters is 1. The first-order valence-electron chi connectivity index (χ1n) is 14.1. The summed E-state index contributed by atoms with van der Waals surface area (Å²) >= 11 is 0. The van der Waals surface area contributed by atoms with Gasteiger partial charge in [0.15, 0.2) is 11.5 Å². The Morgan fingerprint density at radius 2 is 1.37 bits per heavy atom. The van der Waals surface area contributed by atoms with Crippen LogP contribution in [0, 0.1) is 0 Å². The van der Waals surface area contributed by atoms with E-state index in [1.54, 1.807) is 13.0 Å². The molecule has 0 aliphatic rings. The first kappa shape index (κ1) is 35.5. The Kier molecular flexibility index (Phi) is 16.9. The number of benzene rings is 1. The summed E-state index contributed by atoms with van der Waals surface area (Å²) in [6, 6.07) is 4.33. The maximum absolute atomic E-state index is 12.6. The lowest BCUT2D eigenvalue weighted by atomic mass is 9.88. The Balaban J connectivity index is 3.07. The van der Waals surface area contributed by atoms with Gasteiger partial charge >= 0.3 is 24.4 Å². The topological polar surface area (TPSA) is 159 Å². The van der Waals surface area contributed by atoms with E-state index in [1.165, 1.54) is 19.2 Å². The molecule has 0 fully saturated rings. The van der Waals surface area contributed by atoms with Gasteiger partial charge in [-0.25, -0.2) is 14.4 Å². The molecule has 0 saturated carbocycles. The Morgan fingerprint density at radius 1 is 0.805 bits per heavy atom. The predicted octanol–water partition coefficient (Wildman–Crippen LogP) is 5.85. The predicted molar refractivity (Wildman–Crippen MR) is 149 cm³/mol. The van der Waals surface area contributed by atoms with E-state index in [2.05, 4.69) is 0 Å². The highest BCUT2D eigenvalue weighted by Crippen LogP contribution is 2.31. The van der Waals surface area contributed by atoms with Gasteiger partial charge in [0.05, 0.1) is 26.9 Å². The molecule has 41 heavy (non-hydrogen) atoms. The zero-order chi connectivity index (χ0) is 30.7. The van der Waals surface area contributed by atoms with Crippen LogP contribution in [0.3, 0.4) is 0 Å². The summed E-state index contributed by atoms with van der Waals surface area (Å²) in [5.74, 6) is -0.962. The molecule has 0 aliphatic heterocycles. The summed E-state index contributed by atoms with van der Waals surface area (Å²) in [7, 11) is 1.19. The van der Waals surface area contributed by atoms with E-state index in [1.807, 2.05) is 20.8 Å². The molecule has 0 radical (unpaired) electrons. The number of carbonyl (C=O) groups excluding carboxylic acids is 4. The third kappa shape index (κ3) is 14.1. The Morgan fingerprint density at radius 3 is 1.90 bits per heavy atom. The van der Waals surface area contributed by atoms with Crippen molar-refractivity contribution in [3.8, 4) is 11.5 Å². The summed E-state index contributed by atoms with van der Waals surface area (Å²) in [6.45, 7) is 7.76.